The summed E-state index contributed by atoms with van der Waals surface area (Å²) in [4.78, 5) is 13.1. The predicted octanol–water partition coefficient (Wildman–Crippen LogP) is 0.0225. The summed E-state index contributed by atoms with van der Waals surface area (Å²) in [7, 11) is 1.67. The third-order valence-electron chi connectivity index (χ3n) is 3.89. The molecular weight excluding hydrogens is 236 g/mol. The van der Waals surface area contributed by atoms with Crippen LogP contribution < -0.4 is 0 Å². The second-order valence-electron chi connectivity index (χ2n) is 5.21. The number of aromatic nitrogens is 4. The fraction of sp³-hybridized carbons (Fsp3) is 0.818. The molecule has 2 atom stereocenters. The highest BCUT2D eigenvalue weighted by molar-refractivity contribution is 5.76. The van der Waals surface area contributed by atoms with Crippen LogP contribution in [0.1, 0.15) is 25.1 Å². The van der Waals surface area contributed by atoms with Crippen molar-refractivity contribution in [3.05, 3.63) is 5.82 Å². The average molecular weight is 252 g/mol. The van der Waals surface area contributed by atoms with Crippen LogP contribution in [-0.2, 0) is 23.0 Å². The lowest BCUT2D eigenvalue weighted by molar-refractivity contribution is -0.153. The molecule has 0 spiro atoms. The first-order valence-corrected chi connectivity index (χ1v) is 6.20. The van der Waals surface area contributed by atoms with Crippen molar-refractivity contribution in [2.24, 2.45) is 18.4 Å². The van der Waals surface area contributed by atoms with Gasteiger partial charge in [0.2, 0.25) is 0 Å². The van der Waals surface area contributed by atoms with E-state index in [4.69, 9.17) is 4.74 Å². The van der Waals surface area contributed by atoms with Gasteiger partial charge >= 0.3 is 5.97 Å². The van der Waals surface area contributed by atoms with Gasteiger partial charge in [0, 0.05) is 13.0 Å². The van der Waals surface area contributed by atoms with Crippen LogP contribution in [0.5, 0.6) is 0 Å². The summed E-state index contributed by atoms with van der Waals surface area (Å²) in [5.74, 6) is 0.0701. The summed E-state index contributed by atoms with van der Waals surface area (Å²) in [6.07, 6.45) is 2.76. The lowest BCUT2D eigenvalue weighted by atomic mass is 9.76. The van der Waals surface area contributed by atoms with Crippen LogP contribution in [0.4, 0.5) is 0 Å². The Morgan fingerprint density at radius 1 is 1.61 bits per heavy atom. The smallest absolute Gasteiger partial charge is 0.312 e. The number of hydrogen-bond donors (Lipinski definition) is 1. The number of aliphatic carboxylic acids is 1. The minimum Gasteiger partial charge on any atom is -0.481 e. The Morgan fingerprint density at radius 2 is 2.39 bits per heavy atom. The molecule has 0 bridgehead atoms. The molecule has 0 radical (unpaired) electrons. The number of hydrogen-bond acceptors (Lipinski definition) is 5. The van der Waals surface area contributed by atoms with Crippen molar-refractivity contribution < 1.29 is 14.6 Å². The van der Waals surface area contributed by atoms with Gasteiger partial charge in [0.25, 0.3) is 0 Å². The van der Waals surface area contributed by atoms with Crippen molar-refractivity contribution in [2.45, 2.75) is 31.8 Å². The van der Waals surface area contributed by atoms with Crippen molar-refractivity contribution in [1.29, 1.82) is 0 Å². The summed E-state index contributed by atoms with van der Waals surface area (Å²) in [6.45, 7) is 0.508. The van der Waals surface area contributed by atoms with Crippen molar-refractivity contribution in [3.8, 4) is 0 Å². The quantitative estimate of drug-likeness (QED) is 0.812. The summed E-state index contributed by atoms with van der Waals surface area (Å²) in [5.41, 5.74) is -0.871. The maximum atomic E-state index is 11.7. The molecule has 1 aliphatic heterocycles. The molecule has 98 valence electrons. The number of carboxylic acids is 1. The van der Waals surface area contributed by atoms with Crippen molar-refractivity contribution in [2.75, 3.05) is 6.61 Å². The monoisotopic (exact) mass is 252 g/mol. The second kappa shape index (κ2) is 4.01. The Hall–Kier alpha value is -1.50. The number of carbonyl (C=O) groups is 1. The fourth-order valence-corrected chi connectivity index (χ4v) is 2.83. The Bertz CT molecular complexity index is 471. The molecule has 2 unspecified atom stereocenters. The number of ether oxygens (including phenoxy) is 1. The zero-order chi connectivity index (χ0) is 12.8. The van der Waals surface area contributed by atoms with E-state index < -0.39 is 11.4 Å². The molecule has 1 saturated heterocycles. The van der Waals surface area contributed by atoms with E-state index in [0.717, 1.165) is 12.8 Å². The van der Waals surface area contributed by atoms with Crippen LogP contribution in [0, 0.1) is 11.3 Å². The predicted molar refractivity (Wildman–Crippen MR) is 59.7 cm³/mol. The van der Waals surface area contributed by atoms with Gasteiger partial charge in [-0.3, -0.25) is 4.79 Å². The minimum atomic E-state index is -0.871. The molecular formula is C11H16N4O3. The second-order valence-corrected chi connectivity index (χ2v) is 5.21. The Balaban J connectivity index is 1.88. The zero-order valence-corrected chi connectivity index (χ0v) is 10.2. The van der Waals surface area contributed by atoms with Crippen LogP contribution in [0.15, 0.2) is 0 Å². The Kier molecular flexibility index (Phi) is 2.58. The van der Waals surface area contributed by atoms with E-state index in [1.165, 1.54) is 4.80 Å². The third kappa shape index (κ3) is 1.78. The number of tetrazole rings is 1. The average Bonchev–Trinajstić information content (AvgIpc) is 2.95. The van der Waals surface area contributed by atoms with Crippen LogP contribution in [0.25, 0.3) is 0 Å². The largest absolute Gasteiger partial charge is 0.481 e. The minimum absolute atomic E-state index is 0.196. The number of aryl methyl sites for hydroxylation is 1. The number of rotatable bonds is 4. The molecule has 1 aromatic rings. The molecule has 2 heterocycles. The van der Waals surface area contributed by atoms with E-state index in [0.29, 0.717) is 31.2 Å². The molecule has 1 aliphatic carbocycles. The van der Waals surface area contributed by atoms with Gasteiger partial charge in [-0.05, 0) is 30.4 Å². The molecule has 1 aromatic heterocycles. The first-order chi connectivity index (χ1) is 8.62. The maximum absolute atomic E-state index is 11.7. The molecule has 1 N–H and O–H groups in total. The van der Waals surface area contributed by atoms with Gasteiger partial charge in [0.1, 0.15) is 5.41 Å². The molecule has 2 fully saturated rings. The Morgan fingerprint density at radius 3 is 2.94 bits per heavy atom. The number of carboxylic acid groups (broad SMARTS) is 1. The lowest BCUT2D eigenvalue weighted by Crippen LogP contribution is -2.42. The van der Waals surface area contributed by atoms with E-state index in [9.17, 15) is 9.90 Å². The highest BCUT2D eigenvalue weighted by atomic mass is 16.5. The van der Waals surface area contributed by atoms with Crippen molar-refractivity contribution in [3.63, 3.8) is 0 Å². The molecule has 2 aliphatic rings. The van der Waals surface area contributed by atoms with E-state index in [-0.39, 0.29) is 6.10 Å². The van der Waals surface area contributed by atoms with Gasteiger partial charge in [-0.2, -0.15) is 4.80 Å². The first kappa shape index (κ1) is 11.6. The van der Waals surface area contributed by atoms with E-state index in [1.54, 1.807) is 7.05 Å². The molecule has 1 saturated carbocycles. The van der Waals surface area contributed by atoms with E-state index in [2.05, 4.69) is 15.4 Å². The molecule has 3 rings (SSSR count). The SMILES string of the molecule is Cn1nnc(CC2(C(=O)O)CCOC2C2CC2)n1. The Labute approximate surface area is 104 Å². The zero-order valence-electron chi connectivity index (χ0n) is 10.2. The van der Waals surface area contributed by atoms with Gasteiger partial charge in [-0.25, -0.2) is 0 Å². The van der Waals surface area contributed by atoms with Crippen molar-refractivity contribution >= 4 is 5.97 Å². The number of nitrogens with zero attached hydrogens (tertiary/aromatic N) is 4. The molecule has 18 heavy (non-hydrogen) atoms. The van der Waals surface area contributed by atoms with Gasteiger partial charge < -0.3 is 9.84 Å². The third-order valence-corrected chi connectivity index (χ3v) is 3.89. The fourth-order valence-electron chi connectivity index (χ4n) is 2.83. The van der Waals surface area contributed by atoms with Crippen LogP contribution in [-0.4, -0.2) is 44.0 Å². The molecule has 0 aromatic carbocycles. The van der Waals surface area contributed by atoms with E-state index >= 15 is 0 Å². The highest BCUT2D eigenvalue weighted by Gasteiger charge is 2.56. The van der Waals surface area contributed by atoms with Gasteiger partial charge in [-0.1, -0.05) is 0 Å². The van der Waals surface area contributed by atoms with Crippen molar-refractivity contribution in [1.82, 2.24) is 20.2 Å². The van der Waals surface area contributed by atoms with Crippen LogP contribution >= 0.6 is 0 Å². The molecule has 0 amide bonds. The first-order valence-electron chi connectivity index (χ1n) is 6.20. The maximum Gasteiger partial charge on any atom is 0.312 e. The molecule has 7 nitrogen and oxygen atoms in total. The standard InChI is InChI=1S/C11H16N4O3/c1-15-13-8(12-14-15)6-11(10(16)17)4-5-18-9(11)7-2-3-7/h7,9H,2-6H2,1H3,(H,16,17). The topological polar surface area (TPSA) is 90.1 Å². The van der Waals surface area contributed by atoms with Crippen LogP contribution in [0.3, 0.4) is 0 Å². The summed E-state index contributed by atoms with van der Waals surface area (Å²) in [5, 5.41) is 21.4. The normalized spacial score (nSPS) is 31.7. The molecule has 7 heteroatoms. The summed E-state index contributed by atoms with van der Waals surface area (Å²) in [6, 6.07) is 0. The van der Waals surface area contributed by atoms with Gasteiger partial charge in [0.15, 0.2) is 5.82 Å². The van der Waals surface area contributed by atoms with E-state index in [1.807, 2.05) is 0 Å². The van der Waals surface area contributed by atoms with Gasteiger partial charge in [0.05, 0.1) is 13.2 Å². The van der Waals surface area contributed by atoms with Crippen LogP contribution in [0.2, 0.25) is 0 Å². The summed E-state index contributed by atoms with van der Waals surface area (Å²) >= 11 is 0. The summed E-state index contributed by atoms with van der Waals surface area (Å²) < 4.78 is 5.67. The van der Waals surface area contributed by atoms with Gasteiger partial charge in [-0.15, -0.1) is 10.2 Å². The lowest BCUT2D eigenvalue weighted by Gasteiger charge is -2.28. The highest BCUT2D eigenvalue weighted by Crippen LogP contribution is 2.49.